The van der Waals surface area contributed by atoms with E-state index in [9.17, 15) is 4.79 Å². The minimum atomic E-state index is -0.263. The van der Waals surface area contributed by atoms with Gasteiger partial charge < -0.3 is 9.88 Å². The fourth-order valence-corrected chi connectivity index (χ4v) is 6.19. The predicted molar refractivity (Wildman–Crippen MR) is 134 cm³/mol. The van der Waals surface area contributed by atoms with E-state index in [2.05, 4.69) is 75.8 Å². The molecule has 4 nitrogen and oxygen atoms in total. The van der Waals surface area contributed by atoms with Gasteiger partial charge in [0.05, 0.1) is 5.56 Å². The average molecular weight is 492 g/mol. The molecule has 1 saturated carbocycles. The normalized spacial score (nSPS) is 20.5. The molecule has 2 heterocycles. The van der Waals surface area contributed by atoms with Gasteiger partial charge in [0.25, 0.3) is 0 Å². The number of halogens is 1. The van der Waals surface area contributed by atoms with E-state index >= 15 is 0 Å². The Bertz CT molecular complexity index is 1250. The highest BCUT2D eigenvalue weighted by molar-refractivity contribution is 9.10. The number of fused-ring (bicyclic) bond motifs is 4. The molecule has 3 aromatic rings. The lowest BCUT2D eigenvalue weighted by Gasteiger charge is -2.39. The lowest BCUT2D eigenvalue weighted by molar-refractivity contribution is 0.103. The Morgan fingerprint density at radius 1 is 1.09 bits per heavy atom. The number of rotatable bonds is 3. The van der Waals surface area contributed by atoms with Crippen LogP contribution < -0.4 is 4.90 Å². The second-order valence-electron chi connectivity index (χ2n) is 10.2. The van der Waals surface area contributed by atoms with E-state index in [1.807, 2.05) is 6.07 Å². The summed E-state index contributed by atoms with van der Waals surface area (Å²) in [5, 5.41) is 1.02. The monoisotopic (exact) mass is 491 g/mol. The maximum atomic E-state index is 13.8. The van der Waals surface area contributed by atoms with Crippen LogP contribution in [0.15, 0.2) is 34.8 Å². The number of anilines is 1. The van der Waals surface area contributed by atoms with E-state index in [1.54, 1.807) is 0 Å². The van der Waals surface area contributed by atoms with Gasteiger partial charge in [0.1, 0.15) is 0 Å². The summed E-state index contributed by atoms with van der Waals surface area (Å²) in [6.45, 7) is 11.1. The summed E-state index contributed by atoms with van der Waals surface area (Å²) in [5.74, 6) is 0.155. The Labute approximate surface area is 198 Å². The van der Waals surface area contributed by atoms with Crippen molar-refractivity contribution >= 4 is 38.3 Å². The Morgan fingerprint density at radius 3 is 2.53 bits per heavy atom. The van der Waals surface area contributed by atoms with Crippen molar-refractivity contribution in [3.05, 3.63) is 62.8 Å². The van der Waals surface area contributed by atoms with E-state index in [0.29, 0.717) is 0 Å². The maximum absolute atomic E-state index is 13.8. The lowest BCUT2D eigenvalue weighted by Crippen LogP contribution is -2.47. The van der Waals surface area contributed by atoms with Gasteiger partial charge in [-0.25, -0.2) is 0 Å². The third-order valence-corrected chi connectivity index (χ3v) is 8.34. The fourth-order valence-electron chi connectivity index (χ4n) is 5.83. The topological polar surface area (TPSA) is 39.3 Å². The molecule has 2 fully saturated rings. The van der Waals surface area contributed by atoms with E-state index in [1.165, 1.54) is 24.1 Å². The van der Waals surface area contributed by atoms with Crippen LogP contribution in [0.4, 0.5) is 5.69 Å². The maximum Gasteiger partial charge on any atom is 0.195 e. The van der Waals surface area contributed by atoms with Crippen LogP contribution in [-0.2, 0) is 11.8 Å². The van der Waals surface area contributed by atoms with Gasteiger partial charge in [0.15, 0.2) is 5.78 Å². The molecule has 2 aliphatic carbocycles. The summed E-state index contributed by atoms with van der Waals surface area (Å²) in [5.41, 5.74) is 7.28. The summed E-state index contributed by atoms with van der Waals surface area (Å²) >= 11 is 3.57. The number of hydrogen-bond acceptors (Lipinski definition) is 3. The highest BCUT2D eigenvalue weighted by atomic mass is 79.9. The molecule has 5 heteroatoms. The molecule has 3 aliphatic rings. The molecule has 0 radical (unpaired) electrons. The smallest absolute Gasteiger partial charge is 0.195 e. The number of aryl methyl sites for hydroxylation is 1. The molecule has 1 aliphatic heterocycles. The van der Waals surface area contributed by atoms with E-state index in [4.69, 9.17) is 0 Å². The molecule has 1 N–H and O–H groups in total. The minimum absolute atomic E-state index is 0.155. The first-order chi connectivity index (χ1) is 15.4. The van der Waals surface area contributed by atoms with E-state index in [0.717, 1.165) is 76.4 Å². The number of nitrogens with zero attached hydrogens (tertiary/aromatic N) is 2. The van der Waals surface area contributed by atoms with Gasteiger partial charge in [-0.05, 0) is 54.7 Å². The Balaban J connectivity index is 1.46. The van der Waals surface area contributed by atoms with Gasteiger partial charge >= 0.3 is 0 Å². The van der Waals surface area contributed by atoms with Crippen molar-refractivity contribution in [2.45, 2.75) is 51.5 Å². The van der Waals surface area contributed by atoms with Crippen LogP contribution >= 0.6 is 15.9 Å². The van der Waals surface area contributed by atoms with Crippen LogP contribution in [-0.4, -0.2) is 47.9 Å². The number of aromatic nitrogens is 1. The van der Waals surface area contributed by atoms with Crippen LogP contribution in [0.2, 0.25) is 0 Å². The second-order valence-corrected chi connectivity index (χ2v) is 11.1. The molecule has 0 atom stereocenters. The summed E-state index contributed by atoms with van der Waals surface area (Å²) in [6, 6.07) is 11.5. The van der Waals surface area contributed by atoms with Crippen molar-refractivity contribution in [3.63, 3.8) is 0 Å². The number of carbonyl (C=O) groups is 1. The largest absolute Gasteiger partial charge is 0.369 e. The van der Waals surface area contributed by atoms with Crippen LogP contribution in [0.3, 0.4) is 0 Å². The van der Waals surface area contributed by atoms with Crippen molar-refractivity contribution in [1.82, 2.24) is 9.88 Å². The Hall–Kier alpha value is -2.11. The Morgan fingerprint density at radius 2 is 1.84 bits per heavy atom. The number of H-pyrrole nitrogens is 1. The highest BCUT2D eigenvalue weighted by Crippen LogP contribution is 2.46. The van der Waals surface area contributed by atoms with Gasteiger partial charge in [0, 0.05) is 70.0 Å². The van der Waals surface area contributed by atoms with Gasteiger partial charge in [-0.2, -0.15) is 0 Å². The molecule has 166 valence electrons. The third-order valence-electron chi connectivity index (χ3n) is 7.85. The highest BCUT2D eigenvalue weighted by Gasteiger charge is 2.41. The average Bonchev–Trinajstić information content (AvgIpc) is 3.57. The molecule has 0 unspecified atom stereocenters. The zero-order chi connectivity index (χ0) is 22.2. The molecular weight excluding hydrogens is 462 g/mol. The molecule has 0 bridgehead atoms. The first kappa shape index (κ1) is 20.5. The molecule has 1 saturated heterocycles. The Kier molecular flexibility index (Phi) is 4.61. The summed E-state index contributed by atoms with van der Waals surface area (Å²) in [4.78, 5) is 22.6. The van der Waals surface area contributed by atoms with Crippen molar-refractivity contribution in [2.24, 2.45) is 0 Å². The molecular formula is C27H30BrN3O. The number of nitrogens with one attached hydrogen (secondary N) is 1. The van der Waals surface area contributed by atoms with Gasteiger partial charge in [0.2, 0.25) is 0 Å². The van der Waals surface area contributed by atoms with Crippen molar-refractivity contribution in [3.8, 4) is 0 Å². The molecule has 1 aromatic heterocycles. The van der Waals surface area contributed by atoms with Gasteiger partial charge in [-0.3, -0.25) is 9.69 Å². The molecule has 0 spiro atoms. The zero-order valence-electron chi connectivity index (χ0n) is 19.1. The quantitative estimate of drug-likeness (QED) is 0.514. The van der Waals surface area contributed by atoms with Crippen molar-refractivity contribution in [1.29, 1.82) is 0 Å². The molecule has 32 heavy (non-hydrogen) atoms. The van der Waals surface area contributed by atoms with Crippen molar-refractivity contribution < 1.29 is 4.79 Å². The summed E-state index contributed by atoms with van der Waals surface area (Å²) in [7, 11) is 0. The SMILES string of the molecule is CCc1cc2c(cc1N1CCN(C3CC3)CC1)C(C)(C)c1[nH]c3cc(Br)ccc3c1C2=O. The lowest BCUT2D eigenvalue weighted by atomic mass is 9.70. The number of ketones is 1. The zero-order valence-corrected chi connectivity index (χ0v) is 20.7. The van der Waals surface area contributed by atoms with E-state index < -0.39 is 0 Å². The number of piperazine rings is 1. The summed E-state index contributed by atoms with van der Waals surface area (Å²) < 4.78 is 1.02. The third kappa shape index (κ3) is 3.01. The standard InChI is InChI=1S/C27H30BrN3O/c1-4-16-13-20-21(15-23(16)31-11-9-30(10-12-31)18-6-7-18)27(2,3)26-24(25(20)32)19-8-5-17(28)14-22(19)29-26/h5,8,13-15,18,29H,4,6-7,9-12H2,1-3H3. The van der Waals surface area contributed by atoms with Crippen LogP contribution in [0.1, 0.15) is 66.4 Å². The number of benzene rings is 2. The first-order valence-electron chi connectivity index (χ1n) is 11.9. The minimum Gasteiger partial charge on any atom is -0.369 e. The van der Waals surface area contributed by atoms with Crippen molar-refractivity contribution in [2.75, 3.05) is 31.1 Å². The van der Waals surface area contributed by atoms with E-state index in [-0.39, 0.29) is 11.2 Å². The summed E-state index contributed by atoms with van der Waals surface area (Å²) in [6.07, 6.45) is 3.68. The fraction of sp³-hybridized carbons (Fsp3) is 0.444. The molecule has 2 aromatic carbocycles. The molecule has 6 rings (SSSR count). The van der Waals surface area contributed by atoms with Crippen LogP contribution in [0.25, 0.3) is 10.9 Å². The van der Waals surface area contributed by atoms with Crippen LogP contribution in [0.5, 0.6) is 0 Å². The second kappa shape index (κ2) is 7.19. The predicted octanol–water partition coefficient (Wildman–Crippen LogP) is 5.65. The van der Waals surface area contributed by atoms with Crippen LogP contribution in [0, 0.1) is 0 Å². The van der Waals surface area contributed by atoms with Gasteiger partial charge in [-0.1, -0.05) is 42.8 Å². The first-order valence-corrected chi connectivity index (χ1v) is 12.7. The number of carbonyl (C=O) groups excluding carboxylic acids is 1. The number of aromatic amines is 1. The van der Waals surface area contributed by atoms with Gasteiger partial charge in [-0.15, -0.1) is 0 Å². The molecule has 0 amide bonds. The number of hydrogen-bond donors (Lipinski definition) is 1.